The van der Waals surface area contributed by atoms with Crippen LogP contribution < -0.4 is 10.3 Å². The number of aromatic nitrogens is 2. The molecule has 0 radical (unpaired) electrons. The van der Waals surface area contributed by atoms with Gasteiger partial charge in [-0.2, -0.15) is 0 Å². The molecule has 0 unspecified atom stereocenters. The molecule has 3 aromatic rings. The molecular formula is C19H18N2O2. The SMILES string of the molecule is Cc1cc(=O)n2ccc(C)c(OCC=Cc3ccccc3)c2n1. The highest BCUT2D eigenvalue weighted by Gasteiger charge is 2.09. The summed E-state index contributed by atoms with van der Waals surface area (Å²) in [5.41, 5.74) is 3.22. The molecule has 0 saturated heterocycles. The summed E-state index contributed by atoms with van der Waals surface area (Å²) >= 11 is 0. The topological polar surface area (TPSA) is 43.6 Å². The lowest BCUT2D eigenvalue weighted by molar-refractivity contribution is 0.362. The molecule has 23 heavy (non-hydrogen) atoms. The van der Waals surface area contributed by atoms with E-state index in [0.717, 1.165) is 11.1 Å². The number of hydrogen-bond donors (Lipinski definition) is 0. The van der Waals surface area contributed by atoms with Crippen LogP contribution in [0.5, 0.6) is 5.75 Å². The minimum atomic E-state index is -0.0998. The van der Waals surface area contributed by atoms with E-state index < -0.39 is 0 Å². The first-order valence-corrected chi connectivity index (χ1v) is 7.49. The molecule has 0 fully saturated rings. The van der Waals surface area contributed by atoms with Crippen LogP contribution in [-0.4, -0.2) is 16.0 Å². The van der Waals surface area contributed by atoms with Crippen LogP contribution in [-0.2, 0) is 0 Å². The summed E-state index contributed by atoms with van der Waals surface area (Å²) < 4.78 is 7.38. The van der Waals surface area contributed by atoms with Crippen LogP contribution in [0.2, 0.25) is 0 Å². The van der Waals surface area contributed by atoms with Crippen LogP contribution in [0.4, 0.5) is 0 Å². The summed E-state index contributed by atoms with van der Waals surface area (Å²) in [6, 6.07) is 13.4. The number of pyridine rings is 1. The molecule has 0 aliphatic heterocycles. The number of benzene rings is 1. The van der Waals surface area contributed by atoms with E-state index in [2.05, 4.69) is 4.98 Å². The summed E-state index contributed by atoms with van der Waals surface area (Å²) in [5, 5.41) is 0. The fourth-order valence-corrected chi connectivity index (χ4v) is 2.41. The Kier molecular flexibility index (Phi) is 4.24. The maximum Gasteiger partial charge on any atom is 0.258 e. The summed E-state index contributed by atoms with van der Waals surface area (Å²) in [6.45, 7) is 4.17. The number of fused-ring (bicyclic) bond motifs is 1. The molecule has 116 valence electrons. The molecule has 2 aromatic heterocycles. The minimum absolute atomic E-state index is 0.0998. The first-order chi connectivity index (χ1) is 11.1. The highest BCUT2D eigenvalue weighted by molar-refractivity contribution is 5.58. The number of aryl methyl sites for hydroxylation is 2. The fraction of sp³-hybridized carbons (Fsp3) is 0.158. The van der Waals surface area contributed by atoms with Crippen LogP contribution >= 0.6 is 0 Å². The Bertz CT molecular complexity index is 912. The third-order valence-electron chi connectivity index (χ3n) is 3.55. The second-order valence-corrected chi connectivity index (χ2v) is 5.38. The Labute approximate surface area is 134 Å². The van der Waals surface area contributed by atoms with Crippen molar-refractivity contribution >= 4 is 11.7 Å². The van der Waals surface area contributed by atoms with Crippen molar-refractivity contribution in [3.05, 3.63) is 81.9 Å². The predicted molar refractivity (Wildman–Crippen MR) is 91.9 cm³/mol. The largest absolute Gasteiger partial charge is 0.485 e. The van der Waals surface area contributed by atoms with Gasteiger partial charge in [0.1, 0.15) is 6.61 Å². The second kappa shape index (κ2) is 6.48. The van der Waals surface area contributed by atoms with E-state index in [4.69, 9.17) is 4.74 Å². The van der Waals surface area contributed by atoms with Gasteiger partial charge in [-0.15, -0.1) is 0 Å². The van der Waals surface area contributed by atoms with Crippen molar-refractivity contribution in [1.29, 1.82) is 0 Å². The van der Waals surface area contributed by atoms with E-state index in [1.165, 1.54) is 10.5 Å². The van der Waals surface area contributed by atoms with Crippen molar-refractivity contribution in [3.8, 4) is 5.75 Å². The van der Waals surface area contributed by atoms with Gasteiger partial charge in [0.05, 0.1) is 0 Å². The average molecular weight is 306 g/mol. The van der Waals surface area contributed by atoms with Crippen molar-refractivity contribution in [1.82, 2.24) is 9.38 Å². The van der Waals surface area contributed by atoms with E-state index >= 15 is 0 Å². The number of nitrogens with zero attached hydrogens (tertiary/aromatic N) is 2. The molecule has 3 rings (SSSR count). The molecule has 0 aliphatic rings. The zero-order valence-corrected chi connectivity index (χ0v) is 13.2. The van der Waals surface area contributed by atoms with E-state index in [0.29, 0.717) is 23.7 Å². The average Bonchev–Trinajstić information content (AvgIpc) is 2.54. The van der Waals surface area contributed by atoms with Gasteiger partial charge in [0.15, 0.2) is 11.4 Å². The van der Waals surface area contributed by atoms with Gasteiger partial charge in [0.25, 0.3) is 5.56 Å². The summed E-state index contributed by atoms with van der Waals surface area (Å²) in [4.78, 5) is 16.5. The summed E-state index contributed by atoms with van der Waals surface area (Å²) in [5.74, 6) is 0.644. The van der Waals surface area contributed by atoms with Crippen LogP contribution in [0.1, 0.15) is 16.8 Å². The molecule has 0 N–H and O–H groups in total. The molecule has 4 heteroatoms. The predicted octanol–water partition coefficient (Wildman–Crippen LogP) is 3.40. The highest BCUT2D eigenvalue weighted by atomic mass is 16.5. The first-order valence-electron chi connectivity index (χ1n) is 7.49. The standard InChI is InChI=1S/C19H18N2O2/c1-14-10-11-21-17(22)13-15(2)20-19(21)18(14)23-12-6-9-16-7-4-3-5-8-16/h3-11,13H,12H2,1-2H3. The Morgan fingerprint density at radius 1 is 1.17 bits per heavy atom. The van der Waals surface area contributed by atoms with Gasteiger partial charge < -0.3 is 4.74 Å². The van der Waals surface area contributed by atoms with Gasteiger partial charge in [0, 0.05) is 18.0 Å². The van der Waals surface area contributed by atoms with Crippen molar-refractivity contribution in [2.24, 2.45) is 0 Å². The van der Waals surface area contributed by atoms with Crippen molar-refractivity contribution in [2.75, 3.05) is 6.61 Å². The van der Waals surface area contributed by atoms with Crippen molar-refractivity contribution in [2.45, 2.75) is 13.8 Å². The first kappa shape index (κ1) is 15.0. The lowest BCUT2D eigenvalue weighted by Gasteiger charge is -2.11. The smallest absolute Gasteiger partial charge is 0.258 e. The van der Waals surface area contributed by atoms with Gasteiger partial charge in [0.2, 0.25) is 0 Å². The van der Waals surface area contributed by atoms with Crippen LogP contribution in [0.15, 0.2) is 59.5 Å². The zero-order valence-electron chi connectivity index (χ0n) is 13.2. The van der Waals surface area contributed by atoms with Gasteiger partial charge in [-0.3, -0.25) is 9.20 Å². The second-order valence-electron chi connectivity index (χ2n) is 5.38. The van der Waals surface area contributed by atoms with E-state index in [1.54, 1.807) is 6.20 Å². The zero-order chi connectivity index (χ0) is 16.2. The molecule has 0 amide bonds. The monoisotopic (exact) mass is 306 g/mol. The van der Waals surface area contributed by atoms with Gasteiger partial charge in [-0.25, -0.2) is 4.98 Å². The third-order valence-corrected chi connectivity index (χ3v) is 3.55. The van der Waals surface area contributed by atoms with Gasteiger partial charge in [-0.05, 0) is 37.1 Å². The molecule has 0 aliphatic carbocycles. The van der Waals surface area contributed by atoms with E-state index in [-0.39, 0.29) is 5.56 Å². The molecule has 0 saturated carbocycles. The fourth-order valence-electron chi connectivity index (χ4n) is 2.41. The van der Waals surface area contributed by atoms with Crippen molar-refractivity contribution < 1.29 is 4.74 Å². The Morgan fingerprint density at radius 3 is 2.74 bits per heavy atom. The molecule has 0 atom stereocenters. The minimum Gasteiger partial charge on any atom is -0.485 e. The highest BCUT2D eigenvalue weighted by Crippen LogP contribution is 2.22. The summed E-state index contributed by atoms with van der Waals surface area (Å²) in [6.07, 6.45) is 5.68. The number of rotatable bonds is 4. The van der Waals surface area contributed by atoms with Gasteiger partial charge in [-0.1, -0.05) is 36.4 Å². The molecular weight excluding hydrogens is 288 g/mol. The third kappa shape index (κ3) is 3.31. The molecule has 0 spiro atoms. The van der Waals surface area contributed by atoms with E-state index in [1.807, 2.05) is 62.4 Å². The van der Waals surface area contributed by atoms with Crippen LogP contribution in [0.3, 0.4) is 0 Å². The molecule has 2 heterocycles. The molecule has 4 nitrogen and oxygen atoms in total. The van der Waals surface area contributed by atoms with Gasteiger partial charge >= 0.3 is 0 Å². The van der Waals surface area contributed by atoms with Crippen molar-refractivity contribution in [3.63, 3.8) is 0 Å². The van der Waals surface area contributed by atoms with Crippen LogP contribution in [0, 0.1) is 13.8 Å². The lowest BCUT2D eigenvalue weighted by atomic mass is 10.2. The van der Waals surface area contributed by atoms with E-state index in [9.17, 15) is 4.79 Å². The molecule has 0 bridgehead atoms. The Balaban J connectivity index is 1.86. The maximum absolute atomic E-state index is 12.0. The quantitative estimate of drug-likeness (QED) is 0.742. The Hall–Kier alpha value is -2.88. The summed E-state index contributed by atoms with van der Waals surface area (Å²) in [7, 11) is 0. The normalized spacial score (nSPS) is 11.2. The number of hydrogen-bond acceptors (Lipinski definition) is 3. The lowest BCUT2D eigenvalue weighted by Crippen LogP contribution is -2.15. The molecule has 1 aromatic carbocycles. The number of ether oxygens (including phenoxy) is 1. The maximum atomic E-state index is 12.0. The Morgan fingerprint density at radius 2 is 1.96 bits per heavy atom. The van der Waals surface area contributed by atoms with Crippen LogP contribution in [0.25, 0.3) is 11.7 Å².